The molecule has 0 N–H and O–H groups in total. The maximum absolute atomic E-state index is 11.3. The van der Waals surface area contributed by atoms with E-state index in [1.165, 1.54) is 13.8 Å². The zero-order valence-corrected chi connectivity index (χ0v) is 9.65. The molecule has 0 aliphatic carbocycles. The summed E-state index contributed by atoms with van der Waals surface area (Å²) in [5.41, 5.74) is 0. The van der Waals surface area contributed by atoms with Gasteiger partial charge in [0.2, 0.25) is 0 Å². The SMILES string of the molecule is CC(C)OC(=O)C(F)(F)F.[H-].[K+]. The maximum Gasteiger partial charge on any atom is 1.00 e. The third-order valence-electron chi connectivity index (χ3n) is 0.574. The molecule has 0 saturated carbocycles. The minimum Gasteiger partial charge on any atom is -1.00 e. The summed E-state index contributed by atoms with van der Waals surface area (Å²) < 4.78 is 37.9. The van der Waals surface area contributed by atoms with Gasteiger partial charge in [-0.25, -0.2) is 4.79 Å². The van der Waals surface area contributed by atoms with Crippen molar-refractivity contribution >= 4 is 5.97 Å². The molecule has 0 aromatic carbocycles. The van der Waals surface area contributed by atoms with Crippen molar-refractivity contribution in [1.29, 1.82) is 0 Å². The van der Waals surface area contributed by atoms with Gasteiger partial charge in [-0.15, -0.1) is 0 Å². The average molecular weight is 196 g/mol. The Morgan fingerprint density at radius 3 is 1.91 bits per heavy atom. The molecule has 0 aliphatic heterocycles. The summed E-state index contributed by atoms with van der Waals surface area (Å²) in [6, 6.07) is 0. The summed E-state index contributed by atoms with van der Waals surface area (Å²) in [6.07, 6.45) is -5.60. The molecule has 0 saturated heterocycles. The van der Waals surface area contributed by atoms with Crippen LogP contribution >= 0.6 is 0 Å². The summed E-state index contributed by atoms with van der Waals surface area (Å²) in [6.45, 7) is 2.70. The number of ether oxygens (including phenoxy) is 1. The normalized spacial score (nSPS) is 10.7. The Kier molecular flexibility index (Phi) is 7.25. The summed E-state index contributed by atoms with van der Waals surface area (Å²) in [5.74, 6) is -2.14. The molecule has 0 bridgehead atoms. The molecule has 0 spiro atoms. The second-order valence-corrected chi connectivity index (χ2v) is 1.95. The molecule has 0 aromatic rings. The van der Waals surface area contributed by atoms with Gasteiger partial charge >= 0.3 is 63.5 Å². The van der Waals surface area contributed by atoms with Gasteiger partial charge in [-0.3, -0.25) is 0 Å². The van der Waals surface area contributed by atoms with Crippen molar-refractivity contribution in [1.82, 2.24) is 0 Å². The van der Waals surface area contributed by atoms with Crippen molar-refractivity contribution in [2.24, 2.45) is 0 Å². The standard InChI is InChI=1S/C5H7F3O2.K.H/c1-3(2)10-4(9)5(6,7)8;;/h3H,1-2H3;;/q;+1;-1. The van der Waals surface area contributed by atoms with Gasteiger partial charge < -0.3 is 6.16 Å². The van der Waals surface area contributed by atoms with Crippen LogP contribution < -0.4 is 51.4 Å². The predicted molar refractivity (Wildman–Crippen MR) is 28.4 cm³/mol. The molecule has 11 heavy (non-hydrogen) atoms. The van der Waals surface area contributed by atoms with Gasteiger partial charge in [0.05, 0.1) is 6.10 Å². The molecular weight excluding hydrogens is 188 g/mol. The Bertz CT molecular complexity index is 137. The minimum absolute atomic E-state index is 0. The third kappa shape index (κ3) is 7.26. The van der Waals surface area contributed by atoms with E-state index in [9.17, 15) is 18.0 Å². The molecule has 0 heterocycles. The minimum atomic E-state index is -4.87. The molecule has 2 nitrogen and oxygen atoms in total. The Labute approximate surface area is 106 Å². The first-order chi connectivity index (χ1) is 4.34. The zero-order chi connectivity index (χ0) is 8.36. The van der Waals surface area contributed by atoms with Crippen molar-refractivity contribution in [3.8, 4) is 0 Å². The van der Waals surface area contributed by atoms with Gasteiger partial charge in [0.15, 0.2) is 0 Å². The quantitative estimate of drug-likeness (QED) is 0.381. The van der Waals surface area contributed by atoms with Gasteiger partial charge in [0.25, 0.3) is 0 Å². The summed E-state index contributed by atoms with van der Waals surface area (Å²) in [4.78, 5) is 9.93. The average Bonchev–Trinajstić information content (AvgIpc) is 1.60. The molecule has 6 heteroatoms. The van der Waals surface area contributed by atoms with Crippen molar-refractivity contribution in [2.75, 3.05) is 0 Å². The van der Waals surface area contributed by atoms with E-state index < -0.39 is 18.2 Å². The molecule has 0 aromatic heterocycles. The number of hydrogen-bond acceptors (Lipinski definition) is 2. The van der Waals surface area contributed by atoms with Gasteiger partial charge in [-0.05, 0) is 13.8 Å². The van der Waals surface area contributed by atoms with E-state index in [-0.39, 0.29) is 52.8 Å². The third-order valence-corrected chi connectivity index (χ3v) is 0.574. The molecule has 0 rings (SSSR count). The number of hydrogen-bond donors (Lipinski definition) is 0. The summed E-state index contributed by atoms with van der Waals surface area (Å²) in [7, 11) is 0. The van der Waals surface area contributed by atoms with Crippen LogP contribution in [0.3, 0.4) is 0 Å². The number of rotatable bonds is 1. The molecule has 0 atom stereocenters. The van der Waals surface area contributed by atoms with Crippen LogP contribution in [0.2, 0.25) is 0 Å². The van der Waals surface area contributed by atoms with Crippen LogP contribution in [0.15, 0.2) is 0 Å². The van der Waals surface area contributed by atoms with Crippen LogP contribution in [0, 0.1) is 0 Å². The maximum atomic E-state index is 11.3. The Hall–Kier alpha value is 0.896. The fourth-order valence-corrected chi connectivity index (χ4v) is 0.281. The van der Waals surface area contributed by atoms with E-state index in [1.54, 1.807) is 0 Å². The number of alkyl halides is 3. The largest absolute Gasteiger partial charge is 1.00 e. The molecule has 0 aliphatic rings. The topological polar surface area (TPSA) is 26.3 Å². The van der Waals surface area contributed by atoms with E-state index in [1.807, 2.05) is 0 Å². The van der Waals surface area contributed by atoms with Crippen molar-refractivity contribution in [2.45, 2.75) is 26.1 Å². The van der Waals surface area contributed by atoms with Gasteiger partial charge in [-0.1, -0.05) is 0 Å². The second kappa shape index (κ2) is 5.53. The van der Waals surface area contributed by atoms with Gasteiger partial charge in [0, 0.05) is 0 Å². The van der Waals surface area contributed by atoms with E-state index in [0.717, 1.165) is 0 Å². The number of esters is 1. The Morgan fingerprint density at radius 1 is 1.45 bits per heavy atom. The summed E-state index contributed by atoms with van der Waals surface area (Å²) >= 11 is 0. The van der Waals surface area contributed by atoms with Crippen molar-refractivity contribution < 1.29 is 75.5 Å². The van der Waals surface area contributed by atoms with E-state index in [2.05, 4.69) is 4.74 Å². The van der Waals surface area contributed by atoms with Crippen LogP contribution in [0.1, 0.15) is 15.3 Å². The summed E-state index contributed by atoms with van der Waals surface area (Å²) in [5, 5.41) is 0. The molecular formula is C5H8F3KO2. The van der Waals surface area contributed by atoms with Crippen molar-refractivity contribution in [3.63, 3.8) is 0 Å². The number of carbonyl (C=O) groups excluding carboxylic acids is 1. The van der Waals surface area contributed by atoms with Crippen LogP contribution in [-0.4, -0.2) is 18.2 Å². The number of carbonyl (C=O) groups is 1. The fraction of sp³-hybridized carbons (Fsp3) is 0.800. The zero-order valence-electron chi connectivity index (χ0n) is 7.53. The molecule has 0 unspecified atom stereocenters. The van der Waals surface area contributed by atoms with Crippen LogP contribution in [0.25, 0.3) is 0 Å². The van der Waals surface area contributed by atoms with E-state index >= 15 is 0 Å². The van der Waals surface area contributed by atoms with Gasteiger partial charge in [-0.2, -0.15) is 13.2 Å². The smallest absolute Gasteiger partial charge is 1.00 e. The van der Waals surface area contributed by atoms with Crippen LogP contribution in [0.5, 0.6) is 0 Å². The second-order valence-electron chi connectivity index (χ2n) is 1.95. The van der Waals surface area contributed by atoms with E-state index in [4.69, 9.17) is 0 Å². The fourth-order valence-electron chi connectivity index (χ4n) is 0.281. The first-order valence-electron chi connectivity index (χ1n) is 2.62. The first kappa shape index (κ1) is 14.4. The molecule has 0 fully saturated rings. The van der Waals surface area contributed by atoms with E-state index in [0.29, 0.717) is 0 Å². The Balaban J connectivity index is -0.000000405. The van der Waals surface area contributed by atoms with Crippen molar-refractivity contribution in [3.05, 3.63) is 0 Å². The first-order valence-corrected chi connectivity index (χ1v) is 2.62. The van der Waals surface area contributed by atoms with Crippen LogP contribution in [-0.2, 0) is 9.53 Å². The molecule has 0 amide bonds. The number of halogens is 3. The molecule has 62 valence electrons. The predicted octanol–water partition coefficient (Wildman–Crippen LogP) is -1.38. The van der Waals surface area contributed by atoms with Gasteiger partial charge in [0.1, 0.15) is 0 Å². The Morgan fingerprint density at radius 2 is 1.82 bits per heavy atom. The van der Waals surface area contributed by atoms with Crippen LogP contribution in [0.4, 0.5) is 13.2 Å². The monoisotopic (exact) mass is 196 g/mol. The molecule has 0 radical (unpaired) electrons.